The van der Waals surface area contributed by atoms with Gasteiger partial charge in [-0.25, -0.2) is 14.2 Å². The van der Waals surface area contributed by atoms with Crippen LogP contribution in [0.25, 0.3) is 11.3 Å². The van der Waals surface area contributed by atoms with Gasteiger partial charge in [0.25, 0.3) is 5.91 Å². The molecule has 4 rings (SSSR count). The number of morpholine rings is 1. The molecule has 12 nitrogen and oxygen atoms in total. The maximum absolute atomic E-state index is 15.4. The highest BCUT2D eigenvalue weighted by Gasteiger charge is 2.38. The summed E-state index contributed by atoms with van der Waals surface area (Å²) in [5.74, 6) is -0.620. The Labute approximate surface area is 239 Å². The van der Waals surface area contributed by atoms with Crippen molar-refractivity contribution in [1.29, 1.82) is 0 Å². The van der Waals surface area contributed by atoms with E-state index in [4.69, 9.17) is 24.2 Å². The molecule has 1 aromatic heterocycles. The Bertz CT molecular complexity index is 1280. The standard InChI is InChI=1S/C28H39FN6O6/c1-17-14-40-12-10-35(17)25-32-22(18-7-8-20(19(29)13-18)31-26(37)30-15-27(2,3)38)21-23(33-25)41-28(4,5)16-34(24(21)36)9-11-39-6/h7-8,13,17,38H,9-12,14-16H2,1-6H3,(H2,30,31,37). The highest BCUT2D eigenvalue weighted by atomic mass is 19.1. The number of aromatic nitrogens is 2. The lowest BCUT2D eigenvalue weighted by atomic mass is 10.0. The fourth-order valence-electron chi connectivity index (χ4n) is 4.65. The minimum atomic E-state index is -1.12. The molecule has 0 bridgehead atoms. The quantitative estimate of drug-likeness (QED) is 0.434. The third-order valence-corrected chi connectivity index (χ3v) is 6.67. The van der Waals surface area contributed by atoms with E-state index in [2.05, 4.69) is 10.6 Å². The average Bonchev–Trinajstić information content (AvgIpc) is 2.99. The van der Waals surface area contributed by atoms with Gasteiger partial charge in [-0.3, -0.25) is 4.79 Å². The van der Waals surface area contributed by atoms with Crippen LogP contribution in [0.5, 0.6) is 5.88 Å². The van der Waals surface area contributed by atoms with E-state index < -0.39 is 23.1 Å². The lowest BCUT2D eigenvalue weighted by Gasteiger charge is -2.34. The van der Waals surface area contributed by atoms with Crippen LogP contribution in [0.3, 0.4) is 0 Å². The lowest BCUT2D eigenvalue weighted by Crippen LogP contribution is -2.44. The highest BCUT2D eigenvalue weighted by molar-refractivity contribution is 6.03. The molecule has 41 heavy (non-hydrogen) atoms. The van der Waals surface area contributed by atoms with Crippen molar-refractivity contribution in [1.82, 2.24) is 20.2 Å². The van der Waals surface area contributed by atoms with Crippen molar-refractivity contribution in [3.8, 4) is 17.1 Å². The molecular formula is C28H39FN6O6. The molecular weight excluding hydrogens is 535 g/mol. The van der Waals surface area contributed by atoms with Crippen LogP contribution in [0.15, 0.2) is 18.2 Å². The molecule has 0 aliphatic carbocycles. The first-order valence-corrected chi connectivity index (χ1v) is 13.6. The van der Waals surface area contributed by atoms with E-state index in [1.165, 1.54) is 12.1 Å². The van der Waals surface area contributed by atoms with Crippen molar-refractivity contribution < 1.29 is 33.3 Å². The van der Waals surface area contributed by atoms with Crippen LogP contribution in [0.4, 0.5) is 20.8 Å². The molecule has 0 radical (unpaired) electrons. The summed E-state index contributed by atoms with van der Waals surface area (Å²) in [6.45, 7) is 11.2. The summed E-state index contributed by atoms with van der Waals surface area (Å²) >= 11 is 0. The molecule has 3 N–H and O–H groups in total. The normalized spacial score (nSPS) is 18.8. The number of hydrogen-bond acceptors (Lipinski definition) is 9. The molecule has 0 spiro atoms. The minimum absolute atomic E-state index is 0.0214. The lowest BCUT2D eigenvalue weighted by molar-refractivity contribution is 0.0448. The third-order valence-electron chi connectivity index (χ3n) is 6.67. The van der Waals surface area contributed by atoms with E-state index in [1.807, 2.05) is 25.7 Å². The second-order valence-electron chi connectivity index (χ2n) is 11.6. The number of anilines is 2. The number of amides is 3. The molecule has 3 amide bonds. The van der Waals surface area contributed by atoms with Gasteiger partial charge in [0.2, 0.25) is 11.8 Å². The number of rotatable bonds is 8. The molecule has 1 fully saturated rings. The van der Waals surface area contributed by atoms with E-state index in [0.717, 1.165) is 0 Å². The Hall–Kier alpha value is -3.55. The van der Waals surface area contributed by atoms with E-state index in [-0.39, 0.29) is 47.9 Å². The van der Waals surface area contributed by atoms with Gasteiger partial charge in [0, 0.05) is 32.3 Å². The molecule has 2 aliphatic heterocycles. The zero-order chi connectivity index (χ0) is 29.9. The van der Waals surface area contributed by atoms with Crippen molar-refractivity contribution in [2.24, 2.45) is 0 Å². The number of urea groups is 1. The number of hydrogen-bond donors (Lipinski definition) is 3. The third kappa shape index (κ3) is 7.40. The number of methoxy groups -OCH3 is 1. The van der Waals surface area contributed by atoms with E-state index in [0.29, 0.717) is 44.4 Å². The molecule has 0 saturated carbocycles. The molecule has 13 heteroatoms. The molecule has 2 aromatic rings. The first-order valence-electron chi connectivity index (χ1n) is 13.6. The second-order valence-corrected chi connectivity index (χ2v) is 11.6. The number of fused-ring (bicyclic) bond motifs is 1. The second kappa shape index (κ2) is 12.1. The van der Waals surface area contributed by atoms with Crippen LogP contribution in [-0.2, 0) is 9.47 Å². The van der Waals surface area contributed by atoms with Gasteiger partial charge in [-0.2, -0.15) is 4.98 Å². The smallest absolute Gasteiger partial charge is 0.319 e. The predicted molar refractivity (Wildman–Crippen MR) is 151 cm³/mol. The minimum Gasteiger partial charge on any atom is -0.469 e. The van der Waals surface area contributed by atoms with Crippen LogP contribution < -0.4 is 20.3 Å². The summed E-state index contributed by atoms with van der Waals surface area (Å²) in [4.78, 5) is 39.3. The van der Waals surface area contributed by atoms with Crippen LogP contribution in [0.1, 0.15) is 45.0 Å². The largest absolute Gasteiger partial charge is 0.469 e. The molecule has 3 heterocycles. The fraction of sp³-hybridized carbons (Fsp3) is 0.571. The Morgan fingerprint density at radius 3 is 2.73 bits per heavy atom. The van der Waals surface area contributed by atoms with Gasteiger partial charge in [0.05, 0.1) is 49.4 Å². The van der Waals surface area contributed by atoms with Crippen LogP contribution in [0, 0.1) is 5.82 Å². The summed E-state index contributed by atoms with van der Waals surface area (Å²) in [5, 5.41) is 14.8. The van der Waals surface area contributed by atoms with E-state index in [1.54, 1.807) is 31.9 Å². The van der Waals surface area contributed by atoms with Crippen LogP contribution in [0.2, 0.25) is 0 Å². The number of nitrogens with one attached hydrogen (secondary N) is 2. The topological polar surface area (TPSA) is 138 Å². The molecule has 1 aromatic carbocycles. The van der Waals surface area contributed by atoms with Gasteiger partial charge in [-0.15, -0.1) is 0 Å². The number of benzene rings is 1. The summed E-state index contributed by atoms with van der Waals surface area (Å²) in [7, 11) is 1.56. The van der Waals surface area contributed by atoms with Gasteiger partial charge in [0.15, 0.2) is 0 Å². The Morgan fingerprint density at radius 1 is 1.32 bits per heavy atom. The van der Waals surface area contributed by atoms with Crippen molar-refractivity contribution in [2.45, 2.75) is 51.9 Å². The van der Waals surface area contributed by atoms with Crippen LogP contribution >= 0.6 is 0 Å². The van der Waals surface area contributed by atoms with Gasteiger partial charge in [0.1, 0.15) is 17.0 Å². The first-order chi connectivity index (χ1) is 19.3. The molecule has 1 atom stereocenters. The zero-order valence-electron chi connectivity index (χ0n) is 24.4. The van der Waals surface area contributed by atoms with Gasteiger partial charge >= 0.3 is 6.03 Å². The Kier molecular flexibility index (Phi) is 9.00. The van der Waals surface area contributed by atoms with Gasteiger partial charge in [-0.05, 0) is 46.8 Å². The van der Waals surface area contributed by atoms with Gasteiger partial charge < -0.3 is 39.8 Å². The summed E-state index contributed by atoms with van der Waals surface area (Å²) in [5.41, 5.74) is -1.32. The SMILES string of the molecule is COCCN1CC(C)(C)Oc2nc(N3CCOCC3C)nc(-c3ccc(NC(=O)NCC(C)(C)O)c(F)c3)c2C1=O. The van der Waals surface area contributed by atoms with Crippen molar-refractivity contribution in [2.75, 3.05) is 63.3 Å². The summed E-state index contributed by atoms with van der Waals surface area (Å²) in [6, 6.07) is 3.48. The number of halogens is 1. The predicted octanol–water partition coefficient (Wildman–Crippen LogP) is 2.66. The number of aliphatic hydroxyl groups is 1. The maximum Gasteiger partial charge on any atom is 0.319 e. The monoisotopic (exact) mass is 574 g/mol. The first kappa shape index (κ1) is 30.4. The number of nitrogens with zero attached hydrogens (tertiary/aromatic N) is 4. The van der Waals surface area contributed by atoms with Crippen LogP contribution in [-0.4, -0.2) is 102 Å². The van der Waals surface area contributed by atoms with Crippen molar-refractivity contribution in [3.05, 3.63) is 29.6 Å². The van der Waals surface area contributed by atoms with Gasteiger partial charge in [-0.1, -0.05) is 6.07 Å². The van der Waals surface area contributed by atoms with Crippen molar-refractivity contribution in [3.63, 3.8) is 0 Å². The number of carbonyl (C=O) groups is 2. The summed E-state index contributed by atoms with van der Waals surface area (Å²) in [6.07, 6.45) is 0. The summed E-state index contributed by atoms with van der Waals surface area (Å²) < 4.78 is 32.5. The number of ether oxygens (including phenoxy) is 3. The molecule has 2 aliphatic rings. The highest BCUT2D eigenvalue weighted by Crippen LogP contribution is 2.37. The molecule has 224 valence electrons. The molecule has 1 unspecified atom stereocenters. The fourth-order valence-corrected chi connectivity index (χ4v) is 4.65. The average molecular weight is 575 g/mol. The van der Waals surface area contributed by atoms with E-state index >= 15 is 4.39 Å². The van der Waals surface area contributed by atoms with E-state index in [9.17, 15) is 14.7 Å². The number of carbonyl (C=O) groups excluding carboxylic acids is 2. The zero-order valence-corrected chi connectivity index (χ0v) is 24.4. The Balaban J connectivity index is 1.78. The maximum atomic E-state index is 15.4. The Morgan fingerprint density at radius 2 is 2.07 bits per heavy atom. The molecule has 1 saturated heterocycles. The van der Waals surface area contributed by atoms with Crippen molar-refractivity contribution >= 4 is 23.6 Å².